The van der Waals surface area contributed by atoms with Crippen LogP contribution in [0.3, 0.4) is 0 Å². The molecule has 2 rings (SSSR count). The summed E-state index contributed by atoms with van der Waals surface area (Å²) in [5, 5.41) is 0. The minimum Gasteiger partial charge on any atom is -0.377 e. The lowest BCUT2D eigenvalue weighted by atomic mass is 9.77. The van der Waals surface area contributed by atoms with Crippen molar-refractivity contribution in [2.45, 2.75) is 31.7 Å². The lowest BCUT2D eigenvalue weighted by Gasteiger charge is -2.44. The van der Waals surface area contributed by atoms with Gasteiger partial charge in [0.25, 0.3) is 0 Å². The van der Waals surface area contributed by atoms with Gasteiger partial charge in [-0.25, -0.2) is 0 Å². The van der Waals surface area contributed by atoms with Gasteiger partial charge in [0, 0.05) is 26.1 Å². The third kappa shape index (κ3) is 1.73. The van der Waals surface area contributed by atoms with E-state index in [0.29, 0.717) is 12.0 Å². The monoisotopic (exact) mass is 186 g/mol. The quantitative estimate of drug-likeness (QED) is 0.624. The third-order valence-electron chi connectivity index (χ3n) is 3.34. The van der Waals surface area contributed by atoms with Crippen molar-refractivity contribution in [3.8, 4) is 0 Å². The SMILES string of the molecule is COC(OC)C1CCC2COC2C1. The summed E-state index contributed by atoms with van der Waals surface area (Å²) in [5.74, 6) is 1.35. The van der Waals surface area contributed by atoms with Crippen LogP contribution in [0.4, 0.5) is 0 Å². The van der Waals surface area contributed by atoms with Gasteiger partial charge in [0.05, 0.1) is 12.7 Å². The smallest absolute Gasteiger partial charge is 0.159 e. The zero-order chi connectivity index (χ0) is 9.26. The molecular formula is C10H18O3. The molecule has 2 aliphatic rings. The Balaban J connectivity index is 1.86. The molecule has 3 nitrogen and oxygen atoms in total. The van der Waals surface area contributed by atoms with Gasteiger partial charge in [0.15, 0.2) is 6.29 Å². The van der Waals surface area contributed by atoms with E-state index in [2.05, 4.69) is 0 Å². The average molecular weight is 186 g/mol. The molecule has 3 unspecified atom stereocenters. The van der Waals surface area contributed by atoms with Gasteiger partial charge < -0.3 is 14.2 Å². The van der Waals surface area contributed by atoms with Crippen molar-refractivity contribution in [3.63, 3.8) is 0 Å². The first-order chi connectivity index (χ1) is 6.35. The number of hydrogen-bond donors (Lipinski definition) is 0. The van der Waals surface area contributed by atoms with Gasteiger partial charge in [0.1, 0.15) is 0 Å². The Morgan fingerprint density at radius 2 is 2.00 bits per heavy atom. The molecule has 0 aromatic heterocycles. The van der Waals surface area contributed by atoms with E-state index in [1.54, 1.807) is 14.2 Å². The van der Waals surface area contributed by atoms with E-state index in [4.69, 9.17) is 14.2 Å². The molecule has 1 aliphatic carbocycles. The number of methoxy groups -OCH3 is 2. The predicted molar refractivity (Wildman–Crippen MR) is 48.4 cm³/mol. The molecule has 1 saturated heterocycles. The fraction of sp³-hybridized carbons (Fsp3) is 1.00. The van der Waals surface area contributed by atoms with Gasteiger partial charge in [-0.1, -0.05) is 0 Å². The Labute approximate surface area is 79.4 Å². The maximum Gasteiger partial charge on any atom is 0.159 e. The van der Waals surface area contributed by atoms with Crippen molar-refractivity contribution in [3.05, 3.63) is 0 Å². The molecule has 0 spiro atoms. The Bertz CT molecular complexity index is 168. The van der Waals surface area contributed by atoms with Gasteiger partial charge in [-0.05, 0) is 19.3 Å². The van der Waals surface area contributed by atoms with Crippen LogP contribution in [0.5, 0.6) is 0 Å². The first-order valence-corrected chi connectivity index (χ1v) is 5.02. The summed E-state index contributed by atoms with van der Waals surface area (Å²) in [5.41, 5.74) is 0. The highest BCUT2D eigenvalue weighted by molar-refractivity contribution is 4.87. The average Bonchev–Trinajstić information content (AvgIpc) is 2.11. The molecule has 3 atom stereocenters. The number of fused-ring (bicyclic) bond motifs is 1. The first kappa shape index (κ1) is 9.44. The highest BCUT2D eigenvalue weighted by atomic mass is 16.7. The topological polar surface area (TPSA) is 27.7 Å². The van der Waals surface area contributed by atoms with Crippen LogP contribution >= 0.6 is 0 Å². The Hall–Kier alpha value is -0.120. The number of ether oxygens (including phenoxy) is 3. The zero-order valence-corrected chi connectivity index (χ0v) is 8.36. The lowest BCUT2D eigenvalue weighted by Crippen LogP contribution is -2.46. The van der Waals surface area contributed by atoms with E-state index in [0.717, 1.165) is 18.9 Å². The standard InChI is InChI=1S/C10H18O3/c1-11-10(12-2)7-3-4-8-6-13-9(8)5-7/h7-10H,3-6H2,1-2H3. The van der Waals surface area contributed by atoms with Gasteiger partial charge in [0.2, 0.25) is 0 Å². The molecule has 1 heterocycles. The minimum absolute atomic E-state index is 0.0369. The minimum atomic E-state index is -0.0369. The van der Waals surface area contributed by atoms with Gasteiger partial charge >= 0.3 is 0 Å². The van der Waals surface area contributed by atoms with Gasteiger partial charge in [-0.2, -0.15) is 0 Å². The Morgan fingerprint density at radius 1 is 1.23 bits per heavy atom. The van der Waals surface area contributed by atoms with Crippen LogP contribution in [0, 0.1) is 11.8 Å². The summed E-state index contributed by atoms with van der Waals surface area (Å²) in [7, 11) is 3.42. The molecule has 0 N–H and O–H groups in total. The molecule has 0 bridgehead atoms. The van der Waals surface area contributed by atoms with Crippen LogP contribution in [0.2, 0.25) is 0 Å². The second-order valence-corrected chi connectivity index (χ2v) is 4.04. The van der Waals surface area contributed by atoms with Crippen LogP contribution in [0.1, 0.15) is 19.3 Å². The molecule has 0 amide bonds. The van der Waals surface area contributed by atoms with Crippen molar-refractivity contribution in [2.75, 3.05) is 20.8 Å². The fourth-order valence-electron chi connectivity index (χ4n) is 2.47. The van der Waals surface area contributed by atoms with E-state index in [9.17, 15) is 0 Å². The van der Waals surface area contributed by atoms with E-state index in [1.807, 2.05) is 0 Å². The molecule has 76 valence electrons. The molecule has 1 aliphatic heterocycles. The lowest BCUT2D eigenvalue weighted by molar-refractivity contribution is -0.195. The number of hydrogen-bond acceptors (Lipinski definition) is 3. The van der Waals surface area contributed by atoms with Gasteiger partial charge in [-0.15, -0.1) is 0 Å². The summed E-state index contributed by atoms with van der Waals surface area (Å²) in [6.07, 6.45) is 4.06. The van der Waals surface area contributed by atoms with Crippen LogP contribution in [-0.2, 0) is 14.2 Å². The van der Waals surface area contributed by atoms with Crippen LogP contribution in [-0.4, -0.2) is 33.2 Å². The van der Waals surface area contributed by atoms with Crippen molar-refractivity contribution < 1.29 is 14.2 Å². The summed E-state index contributed by atoms with van der Waals surface area (Å²) in [6.45, 7) is 0.974. The van der Waals surface area contributed by atoms with Crippen LogP contribution < -0.4 is 0 Å². The third-order valence-corrected chi connectivity index (χ3v) is 3.34. The molecular weight excluding hydrogens is 168 g/mol. The molecule has 1 saturated carbocycles. The molecule has 2 fully saturated rings. The Morgan fingerprint density at radius 3 is 2.46 bits per heavy atom. The van der Waals surface area contributed by atoms with Crippen molar-refractivity contribution in [1.82, 2.24) is 0 Å². The van der Waals surface area contributed by atoms with Crippen LogP contribution in [0.15, 0.2) is 0 Å². The second-order valence-electron chi connectivity index (χ2n) is 4.04. The first-order valence-electron chi connectivity index (χ1n) is 5.02. The zero-order valence-electron chi connectivity index (χ0n) is 8.36. The highest BCUT2D eigenvalue weighted by Gasteiger charge is 2.40. The van der Waals surface area contributed by atoms with Crippen LogP contribution in [0.25, 0.3) is 0 Å². The molecule has 0 aromatic carbocycles. The molecule has 13 heavy (non-hydrogen) atoms. The fourth-order valence-corrected chi connectivity index (χ4v) is 2.47. The van der Waals surface area contributed by atoms with E-state index < -0.39 is 0 Å². The Kier molecular flexibility index (Phi) is 2.86. The number of rotatable bonds is 3. The summed E-state index contributed by atoms with van der Waals surface area (Å²) in [4.78, 5) is 0. The van der Waals surface area contributed by atoms with E-state index in [1.165, 1.54) is 12.8 Å². The normalized spacial score (nSPS) is 38.5. The molecule has 3 heteroatoms. The predicted octanol–water partition coefficient (Wildman–Crippen LogP) is 1.42. The maximum absolute atomic E-state index is 5.49. The molecule has 0 radical (unpaired) electrons. The van der Waals surface area contributed by atoms with Gasteiger partial charge in [-0.3, -0.25) is 0 Å². The van der Waals surface area contributed by atoms with Crippen molar-refractivity contribution in [1.29, 1.82) is 0 Å². The summed E-state index contributed by atoms with van der Waals surface area (Å²) >= 11 is 0. The van der Waals surface area contributed by atoms with Crippen molar-refractivity contribution >= 4 is 0 Å². The van der Waals surface area contributed by atoms with E-state index in [-0.39, 0.29) is 6.29 Å². The molecule has 0 aromatic rings. The second kappa shape index (κ2) is 3.95. The largest absolute Gasteiger partial charge is 0.377 e. The van der Waals surface area contributed by atoms with Crippen molar-refractivity contribution in [2.24, 2.45) is 11.8 Å². The summed E-state index contributed by atoms with van der Waals surface area (Å²) in [6, 6.07) is 0. The maximum atomic E-state index is 5.49. The van der Waals surface area contributed by atoms with E-state index >= 15 is 0 Å². The highest BCUT2D eigenvalue weighted by Crippen LogP contribution is 2.39. The summed E-state index contributed by atoms with van der Waals surface area (Å²) < 4.78 is 16.0.